The van der Waals surface area contributed by atoms with Gasteiger partial charge in [0.15, 0.2) is 0 Å². The average molecular weight is 351 g/mol. The zero-order chi connectivity index (χ0) is 17.9. The number of imidazole rings is 1. The molecule has 0 aliphatic carbocycles. The maximum atomic E-state index is 12.5. The van der Waals surface area contributed by atoms with Gasteiger partial charge >= 0.3 is 0 Å². The minimum atomic E-state index is 0.162. The lowest BCUT2D eigenvalue weighted by molar-refractivity contribution is -0.131. The van der Waals surface area contributed by atoms with E-state index in [4.69, 9.17) is 0 Å². The summed E-state index contributed by atoms with van der Waals surface area (Å²) in [6.07, 6.45) is 3.71. The second-order valence-electron chi connectivity index (χ2n) is 6.42. The predicted molar refractivity (Wildman–Crippen MR) is 99.0 cm³/mol. The fourth-order valence-corrected chi connectivity index (χ4v) is 3.31. The summed E-state index contributed by atoms with van der Waals surface area (Å²) < 4.78 is 2.03. The molecule has 1 saturated heterocycles. The molecule has 3 aromatic rings. The first-order valence-electron chi connectivity index (χ1n) is 8.78. The van der Waals surface area contributed by atoms with Crippen LogP contribution in [0.3, 0.4) is 0 Å². The fraction of sp³-hybridized carbons (Fsp3) is 0.316. The van der Waals surface area contributed by atoms with Crippen LogP contribution in [0.15, 0.2) is 48.9 Å². The number of hydrogen-bond donors (Lipinski definition) is 1. The van der Waals surface area contributed by atoms with E-state index in [1.165, 1.54) is 6.20 Å². The highest BCUT2D eigenvalue weighted by molar-refractivity contribution is 5.78. The summed E-state index contributed by atoms with van der Waals surface area (Å²) in [6.45, 7) is 3.51. The van der Waals surface area contributed by atoms with Crippen LogP contribution in [0.4, 0.5) is 5.82 Å². The number of aromatic hydroxyl groups is 1. The van der Waals surface area contributed by atoms with Gasteiger partial charge in [-0.1, -0.05) is 12.1 Å². The van der Waals surface area contributed by atoms with E-state index in [-0.39, 0.29) is 11.7 Å². The van der Waals surface area contributed by atoms with E-state index in [1.54, 1.807) is 18.5 Å². The maximum absolute atomic E-state index is 12.5. The molecule has 7 nitrogen and oxygen atoms in total. The molecule has 26 heavy (non-hydrogen) atoms. The molecule has 0 atom stereocenters. The fourth-order valence-electron chi connectivity index (χ4n) is 3.31. The molecule has 7 heteroatoms. The maximum Gasteiger partial charge on any atom is 0.224 e. The van der Waals surface area contributed by atoms with Crippen LogP contribution in [0.5, 0.6) is 5.75 Å². The molecule has 1 N–H and O–H groups in total. The normalized spacial score (nSPS) is 14.8. The summed E-state index contributed by atoms with van der Waals surface area (Å²) in [5.74, 6) is 1.16. The second kappa shape index (κ2) is 7.03. The Morgan fingerprint density at radius 3 is 2.62 bits per heavy atom. The quantitative estimate of drug-likeness (QED) is 0.777. The Morgan fingerprint density at radius 1 is 1.04 bits per heavy atom. The molecule has 1 amide bonds. The van der Waals surface area contributed by atoms with Crippen LogP contribution in [0.25, 0.3) is 11.0 Å². The SMILES string of the molecule is O=C(CCn1cnc2ccccc21)N1CCN(c2ccc(O)cn2)CC1. The van der Waals surface area contributed by atoms with E-state index < -0.39 is 0 Å². The highest BCUT2D eigenvalue weighted by atomic mass is 16.3. The Kier molecular flexibility index (Phi) is 4.43. The third-order valence-corrected chi connectivity index (χ3v) is 4.78. The lowest BCUT2D eigenvalue weighted by Gasteiger charge is -2.35. The van der Waals surface area contributed by atoms with Crippen LogP contribution in [0.1, 0.15) is 6.42 Å². The van der Waals surface area contributed by atoms with Gasteiger partial charge in [0.2, 0.25) is 5.91 Å². The van der Waals surface area contributed by atoms with Crippen molar-refractivity contribution in [2.24, 2.45) is 0 Å². The van der Waals surface area contributed by atoms with Gasteiger partial charge in [0.1, 0.15) is 11.6 Å². The van der Waals surface area contributed by atoms with Crippen LogP contribution in [0, 0.1) is 0 Å². The smallest absolute Gasteiger partial charge is 0.224 e. The molecule has 0 spiro atoms. The molecular formula is C19H21N5O2. The number of carbonyl (C=O) groups excluding carboxylic acids is 1. The van der Waals surface area contributed by atoms with E-state index in [1.807, 2.05) is 33.7 Å². The van der Waals surface area contributed by atoms with E-state index in [9.17, 15) is 9.90 Å². The van der Waals surface area contributed by atoms with Crippen molar-refractivity contribution in [1.82, 2.24) is 19.4 Å². The molecule has 0 radical (unpaired) electrons. The minimum Gasteiger partial charge on any atom is -0.506 e. The zero-order valence-electron chi connectivity index (χ0n) is 14.5. The van der Waals surface area contributed by atoms with E-state index in [0.717, 1.165) is 29.9 Å². The Hall–Kier alpha value is -3.09. The molecule has 134 valence electrons. The topological polar surface area (TPSA) is 74.5 Å². The van der Waals surface area contributed by atoms with Crippen LogP contribution in [0.2, 0.25) is 0 Å². The van der Waals surface area contributed by atoms with Crippen LogP contribution in [-0.4, -0.2) is 56.6 Å². The lowest BCUT2D eigenvalue weighted by Crippen LogP contribution is -2.49. The van der Waals surface area contributed by atoms with Gasteiger partial charge in [-0.2, -0.15) is 0 Å². The molecule has 0 bridgehead atoms. The molecule has 1 aliphatic heterocycles. The van der Waals surface area contributed by atoms with Crippen molar-refractivity contribution in [3.63, 3.8) is 0 Å². The first-order valence-corrected chi connectivity index (χ1v) is 8.78. The number of nitrogens with zero attached hydrogens (tertiary/aromatic N) is 5. The molecule has 3 heterocycles. The largest absolute Gasteiger partial charge is 0.506 e. The van der Waals surface area contributed by atoms with E-state index in [0.29, 0.717) is 26.1 Å². The summed E-state index contributed by atoms with van der Waals surface area (Å²) >= 11 is 0. The number of carbonyl (C=O) groups is 1. The molecule has 0 saturated carbocycles. The molecule has 4 rings (SSSR count). The number of rotatable bonds is 4. The summed E-state index contributed by atoms with van der Waals surface area (Å²) in [5, 5.41) is 9.33. The van der Waals surface area contributed by atoms with Crippen molar-refractivity contribution in [2.75, 3.05) is 31.1 Å². The van der Waals surface area contributed by atoms with Crippen molar-refractivity contribution < 1.29 is 9.90 Å². The number of anilines is 1. The number of hydrogen-bond acceptors (Lipinski definition) is 5. The molecule has 1 aromatic carbocycles. The summed E-state index contributed by atoms with van der Waals surface area (Å²) in [7, 11) is 0. The Bertz CT molecular complexity index is 898. The van der Waals surface area contributed by atoms with Gasteiger partial charge in [-0.15, -0.1) is 0 Å². The van der Waals surface area contributed by atoms with Crippen molar-refractivity contribution >= 4 is 22.8 Å². The number of aromatic nitrogens is 3. The minimum absolute atomic E-state index is 0.162. The first kappa shape index (κ1) is 16.4. The molecule has 1 fully saturated rings. The van der Waals surface area contributed by atoms with Crippen LogP contribution < -0.4 is 4.90 Å². The molecule has 1 aliphatic rings. The number of para-hydroxylation sites is 2. The number of benzene rings is 1. The van der Waals surface area contributed by atoms with E-state index in [2.05, 4.69) is 14.9 Å². The molecule has 0 unspecified atom stereocenters. The number of pyridine rings is 1. The summed E-state index contributed by atoms with van der Waals surface area (Å²) in [5.41, 5.74) is 2.01. The van der Waals surface area contributed by atoms with Gasteiger partial charge in [-0.05, 0) is 24.3 Å². The summed E-state index contributed by atoms with van der Waals surface area (Å²) in [4.78, 5) is 25.2. The second-order valence-corrected chi connectivity index (χ2v) is 6.42. The van der Waals surface area contributed by atoms with Crippen molar-refractivity contribution in [2.45, 2.75) is 13.0 Å². The predicted octanol–water partition coefficient (Wildman–Crippen LogP) is 1.88. The highest BCUT2D eigenvalue weighted by Crippen LogP contribution is 2.17. The van der Waals surface area contributed by atoms with Gasteiger partial charge in [-0.3, -0.25) is 4.79 Å². The molecule has 2 aromatic heterocycles. The third-order valence-electron chi connectivity index (χ3n) is 4.78. The third kappa shape index (κ3) is 3.33. The van der Waals surface area contributed by atoms with Gasteiger partial charge in [-0.25, -0.2) is 9.97 Å². The van der Waals surface area contributed by atoms with E-state index >= 15 is 0 Å². The first-order chi connectivity index (χ1) is 12.7. The van der Waals surface area contributed by atoms with Crippen molar-refractivity contribution in [3.05, 3.63) is 48.9 Å². The number of aryl methyl sites for hydroxylation is 1. The number of piperazine rings is 1. The average Bonchev–Trinajstić information content (AvgIpc) is 3.10. The van der Waals surface area contributed by atoms with Gasteiger partial charge < -0.3 is 19.5 Å². The van der Waals surface area contributed by atoms with Gasteiger partial charge in [0.25, 0.3) is 0 Å². The monoisotopic (exact) mass is 351 g/mol. The molecular weight excluding hydrogens is 330 g/mol. The van der Waals surface area contributed by atoms with Crippen molar-refractivity contribution in [3.8, 4) is 5.75 Å². The van der Waals surface area contributed by atoms with Crippen LogP contribution in [-0.2, 0) is 11.3 Å². The Morgan fingerprint density at radius 2 is 1.85 bits per heavy atom. The Balaban J connectivity index is 1.31. The zero-order valence-corrected chi connectivity index (χ0v) is 14.5. The standard InChI is InChI=1S/C19H21N5O2/c25-15-5-6-18(20-13-15)22-9-11-23(12-10-22)19(26)7-8-24-14-21-16-3-1-2-4-17(16)24/h1-6,13-14,25H,7-12H2. The highest BCUT2D eigenvalue weighted by Gasteiger charge is 2.21. The summed E-state index contributed by atoms with van der Waals surface area (Å²) in [6, 6.07) is 11.4. The Labute approximate surface area is 151 Å². The number of amides is 1. The number of fused-ring (bicyclic) bond motifs is 1. The van der Waals surface area contributed by atoms with Gasteiger partial charge in [0.05, 0.1) is 23.6 Å². The van der Waals surface area contributed by atoms with Gasteiger partial charge in [0, 0.05) is 39.1 Å². The van der Waals surface area contributed by atoms with Crippen molar-refractivity contribution in [1.29, 1.82) is 0 Å². The van der Waals surface area contributed by atoms with Crippen LogP contribution >= 0.6 is 0 Å². The lowest BCUT2D eigenvalue weighted by atomic mass is 10.2.